The molecule has 0 saturated carbocycles. The Morgan fingerprint density at radius 1 is 1.26 bits per heavy atom. The van der Waals surface area contributed by atoms with Crippen LogP contribution in [0.15, 0.2) is 40.9 Å². The van der Waals surface area contributed by atoms with Crippen molar-refractivity contribution in [3.8, 4) is 0 Å². The van der Waals surface area contributed by atoms with Crippen LogP contribution in [-0.2, 0) is 0 Å². The van der Waals surface area contributed by atoms with Gasteiger partial charge in [0.25, 0.3) is 5.91 Å². The van der Waals surface area contributed by atoms with E-state index in [4.69, 9.17) is 17.3 Å². The summed E-state index contributed by atoms with van der Waals surface area (Å²) in [5, 5.41) is 3.05. The van der Waals surface area contributed by atoms with Gasteiger partial charge in [-0.15, -0.1) is 0 Å². The first-order valence-electron chi connectivity index (χ1n) is 5.29. The zero-order valence-corrected chi connectivity index (χ0v) is 11.9. The van der Waals surface area contributed by atoms with Crippen LogP contribution in [0.3, 0.4) is 0 Å². The van der Waals surface area contributed by atoms with E-state index in [0.717, 1.165) is 0 Å². The van der Waals surface area contributed by atoms with Crippen LogP contribution in [0.1, 0.15) is 10.4 Å². The molecule has 0 unspecified atom stereocenters. The van der Waals surface area contributed by atoms with E-state index in [2.05, 4.69) is 21.2 Å². The van der Waals surface area contributed by atoms with Gasteiger partial charge in [-0.3, -0.25) is 4.79 Å². The Bertz CT molecular complexity index is 649. The molecule has 6 heteroatoms. The molecule has 0 aliphatic heterocycles. The maximum atomic E-state index is 13.0. The number of carbonyl (C=O) groups is 1. The fraction of sp³-hybridized carbons (Fsp3) is 0. The van der Waals surface area contributed by atoms with E-state index in [9.17, 15) is 9.18 Å². The topological polar surface area (TPSA) is 55.1 Å². The van der Waals surface area contributed by atoms with E-state index in [1.54, 1.807) is 12.1 Å². The number of nitrogen functional groups attached to an aromatic ring is 1. The summed E-state index contributed by atoms with van der Waals surface area (Å²) >= 11 is 9.15. The quantitative estimate of drug-likeness (QED) is 0.807. The molecule has 0 heterocycles. The molecule has 0 saturated heterocycles. The third-order valence-electron chi connectivity index (χ3n) is 2.44. The maximum absolute atomic E-state index is 13.0. The highest BCUT2D eigenvalue weighted by Crippen LogP contribution is 2.24. The number of amides is 1. The zero-order valence-electron chi connectivity index (χ0n) is 9.58. The molecule has 0 aromatic heterocycles. The molecule has 0 radical (unpaired) electrons. The summed E-state index contributed by atoms with van der Waals surface area (Å²) in [6.45, 7) is 0. The Morgan fingerprint density at radius 3 is 2.63 bits per heavy atom. The largest absolute Gasteiger partial charge is 0.396 e. The number of carbonyl (C=O) groups excluding carboxylic acids is 1. The highest BCUT2D eigenvalue weighted by molar-refractivity contribution is 9.10. The monoisotopic (exact) mass is 342 g/mol. The minimum absolute atomic E-state index is 0.0216. The fourth-order valence-corrected chi connectivity index (χ4v) is 1.89. The summed E-state index contributed by atoms with van der Waals surface area (Å²) in [4.78, 5) is 12.0. The molecular formula is C13H9BrClFN2O. The number of halogens is 3. The second-order valence-corrected chi connectivity index (χ2v) is 5.08. The van der Waals surface area contributed by atoms with Crippen LogP contribution < -0.4 is 11.1 Å². The standard InChI is InChI=1S/C13H9BrClFN2O/c14-9-3-1-7(5-10(9)15)13(19)18-8-2-4-11(16)12(17)6-8/h1-6H,17H2,(H,18,19). The van der Waals surface area contributed by atoms with Gasteiger partial charge in [0, 0.05) is 15.7 Å². The van der Waals surface area contributed by atoms with Crippen molar-refractivity contribution >= 4 is 44.8 Å². The molecule has 3 nitrogen and oxygen atoms in total. The molecule has 0 atom stereocenters. The molecule has 0 spiro atoms. The normalized spacial score (nSPS) is 10.3. The van der Waals surface area contributed by atoms with Gasteiger partial charge in [-0.2, -0.15) is 0 Å². The number of nitrogens with one attached hydrogen (secondary N) is 1. The first-order chi connectivity index (χ1) is 8.97. The van der Waals surface area contributed by atoms with Crippen molar-refractivity contribution in [3.63, 3.8) is 0 Å². The van der Waals surface area contributed by atoms with E-state index < -0.39 is 5.82 Å². The van der Waals surface area contributed by atoms with Gasteiger partial charge < -0.3 is 11.1 Å². The highest BCUT2D eigenvalue weighted by Gasteiger charge is 2.09. The molecule has 0 aliphatic carbocycles. The first kappa shape index (κ1) is 13.8. The van der Waals surface area contributed by atoms with Crippen molar-refractivity contribution in [1.82, 2.24) is 0 Å². The van der Waals surface area contributed by atoms with Gasteiger partial charge in [-0.1, -0.05) is 11.6 Å². The summed E-state index contributed by atoms with van der Waals surface area (Å²) in [5.41, 5.74) is 6.22. The van der Waals surface area contributed by atoms with Gasteiger partial charge >= 0.3 is 0 Å². The van der Waals surface area contributed by atoms with Crippen molar-refractivity contribution < 1.29 is 9.18 Å². The minimum Gasteiger partial charge on any atom is -0.396 e. The number of nitrogens with two attached hydrogens (primary N) is 1. The third-order valence-corrected chi connectivity index (χ3v) is 3.67. The van der Waals surface area contributed by atoms with Crippen LogP contribution in [0.5, 0.6) is 0 Å². The van der Waals surface area contributed by atoms with Crippen molar-refractivity contribution in [2.45, 2.75) is 0 Å². The lowest BCUT2D eigenvalue weighted by atomic mass is 10.2. The lowest BCUT2D eigenvalue weighted by Crippen LogP contribution is -2.12. The first-order valence-corrected chi connectivity index (χ1v) is 6.46. The Labute approximate surface area is 122 Å². The molecule has 3 N–H and O–H groups in total. The van der Waals surface area contributed by atoms with Crippen molar-refractivity contribution in [3.05, 3.63) is 57.3 Å². The van der Waals surface area contributed by atoms with Gasteiger partial charge in [-0.05, 0) is 52.3 Å². The SMILES string of the molecule is Nc1cc(NC(=O)c2ccc(Br)c(Cl)c2)ccc1F. The van der Waals surface area contributed by atoms with Crippen LogP contribution in [0.25, 0.3) is 0 Å². The van der Waals surface area contributed by atoms with Gasteiger partial charge in [-0.25, -0.2) is 4.39 Å². The van der Waals surface area contributed by atoms with E-state index in [-0.39, 0.29) is 11.6 Å². The number of hydrogen-bond donors (Lipinski definition) is 2. The van der Waals surface area contributed by atoms with E-state index >= 15 is 0 Å². The molecule has 0 aliphatic rings. The van der Waals surface area contributed by atoms with Crippen LogP contribution in [0, 0.1) is 5.82 Å². The Morgan fingerprint density at radius 2 is 2.00 bits per heavy atom. The predicted molar refractivity (Wildman–Crippen MR) is 77.9 cm³/mol. The van der Waals surface area contributed by atoms with Crippen molar-refractivity contribution in [2.24, 2.45) is 0 Å². The number of anilines is 2. The average molecular weight is 344 g/mol. The summed E-state index contributed by atoms with van der Waals surface area (Å²) in [7, 11) is 0. The lowest BCUT2D eigenvalue weighted by molar-refractivity contribution is 0.102. The predicted octanol–water partition coefficient (Wildman–Crippen LogP) is 4.08. The van der Waals surface area contributed by atoms with Crippen LogP contribution in [-0.4, -0.2) is 5.91 Å². The lowest BCUT2D eigenvalue weighted by Gasteiger charge is -2.07. The number of rotatable bonds is 2. The second-order valence-electron chi connectivity index (χ2n) is 3.82. The summed E-state index contributed by atoms with van der Waals surface area (Å²) in [5.74, 6) is -0.870. The van der Waals surface area contributed by atoms with E-state index in [0.29, 0.717) is 20.7 Å². The molecule has 2 aromatic carbocycles. The van der Waals surface area contributed by atoms with Gasteiger partial charge in [0.1, 0.15) is 5.82 Å². The zero-order chi connectivity index (χ0) is 14.0. The smallest absolute Gasteiger partial charge is 0.255 e. The van der Waals surface area contributed by atoms with Crippen molar-refractivity contribution in [2.75, 3.05) is 11.1 Å². The second kappa shape index (κ2) is 5.59. The molecule has 2 rings (SSSR count). The fourth-order valence-electron chi connectivity index (χ4n) is 1.46. The number of benzene rings is 2. The van der Waals surface area contributed by atoms with Crippen LogP contribution >= 0.6 is 27.5 Å². The summed E-state index contributed by atoms with van der Waals surface area (Å²) < 4.78 is 13.7. The molecule has 2 aromatic rings. The van der Waals surface area contributed by atoms with Gasteiger partial charge in [0.2, 0.25) is 0 Å². The Balaban J connectivity index is 2.20. The Kier molecular flexibility index (Phi) is 4.07. The average Bonchev–Trinajstić information content (AvgIpc) is 2.37. The summed E-state index contributed by atoms with van der Waals surface area (Å²) in [6.07, 6.45) is 0. The van der Waals surface area contributed by atoms with E-state index in [1.165, 1.54) is 24.3 Å². The molecule has 19 heavy (non-hydrogen) atoms. The third kappa shape index (κ3) is 3.24. The van der Waals surface area contributed by atoms with Crippen LogP contribution in [0.4, 0.5) is 15.8 Å². The van der Waals surface area contributed by atoms with E-state index in [1.807, 2.05) is 0 Å². The highest BCUT2D eigenvalue weighted by atomic mass is 79.9. The van der Waals surface area contributed by atoms with Gasteiger partial charge in [0.15, 0.2) is 0 Å². The maximum Gasteiger partial charge on any atom is 0.255 e. The molecular weight excluding hydrogens is 335 g/mol. The minimum atomic E-state index is -0.523. The number of hydrogen-bond acceptors (Lipinski definition) is 2. The molecule has 98 valence electrons. The Hall–Kier alpha value is -1.59. The van der Waals surface area contributed by atoms with Crippen LogP contribution in [0.2, 0.25) is 5.02 Å². The van der Waals surface area contributed by atoms with Gasteiger partial charge in [0.05, 0.1) is 10.7 Å². The molecule has 0 bridgehead atoms. The summed E-state index contributed by atoms with van der Waals surface area (Å²) in [6, 6.07) is 8.82. The molecule has 1 amide bonds. The van der Waals surface area contributed by atoms with Crippen molar-refractivity contribution in [1.29, 1.82) is 0 Å². The molecule has 0 fully saturated rings.